The number of amides is 2. The second kappa shape index (κ2) is 5.95. The molecule has 4 heterocycles. The van der Waals surface area contributed by atoms with Crippen molar-refractivity contribution in [1.82, 2.24) is 15.2 Å². The van der Waals surface area contributed by atoms with Gasteiger partial charge >= 0.3 is 0 Å². The Labute approximate surface area is 142 Å². The molecule has 2 fully saturated rings. The van der Waals surface area contributed by atoms with Crippen LogP contribution in [0.5, 0.6) is 0 Å². The first-order chi connectivity index (χ1) is 11.6. The number of hydrogen-bond donors (Lipinski definition) is 1. The second-order valence-corrected chi connectivity index (χ2v) is 6.88. The third-order valence-electron chi connectivity index (χ3n) is 4.18. The summed E-state index contributed by atoms with van der Waals surface area (Å²) < 4.78 is 5.95. The van der Waals surface area contributed by atoms with Crippen LogP contribution < -0.4 is 10.2 Å². The maximum Gasteiger partial charge on any atom is 0.290 e. The van der Waals surface area contributed by atoms with Crippen molar-refractivity contribution in [2.45, 2.75) is 0 Å². The van der Waals surface area contributed by atoms with Gasteiger partial charge in [0.2, 0.25) is 0 Å². The molecule has 0 atom stereocenters. The van der Waals surface area contributed by atoms with E-state index in [1.54, 1.807) is 12.3 Å². The first kappa shape index (κ1) is 15.2. The van der Waals surface area contributed by atoms with E-state index in [2.05, 4.69) is 27.1 Å². The maximum absolute atomic E-state index is 11.7. The third-order valence-corrected chi connectivity index (χ3v) is 4.99. The summed E-state index contributed by atoms with van der Waals surface area (Å²) in [7, 11) is 2.11. The number of carbonyl (C=O) groups is 2. The Morgan fingerprint density at radius 1 is 1.25 bits per heavy atom. The van der Waals surface area contributed by atoms with Gasteiger partial charge in [-0.15, -0.1) is 0 Å². The number of furan rings is 1. The lowest BCUT2D eigenvalue weighted by molar-refractivity contribution is -0.115. The Morgan fingerprint density at radius 3 is 2.75 bits per heavy atom. The number of pyridine rings is 1. The minimum absolute atomic E-state index is 0.341. The molecule has 0 aliphatic carbocycles. The highest BCUT2D eigenvalue weighted by atomic mass is 32.2. The van der Waals surface area contributed by atoms with E-state index in [0.717, 1.165) is 54.6 Å². The van der Waals surface area contributed by atoms with E-state index >= 15 is 0 Å². The summed E-state index contributed by atoms with van der Waals surface area (Å²) in [6.07, 6.45) is 5.15. The van der Waals surface area contributed by atoms with Crippen LogP contribution in [0.15, 0.2) is 27.8 Å². The number of likely N-dealkylation sites (N-methyl/N-ethyl adjacent to an activating group) is 1. The molecule has 2 aliphatic rings. The largest absolute Gasteiger partial charge is 0.454 e. The van der Waals surface area contributed by atoms with Gasteiger partial charge < -0.3 is 14.2 Å². The number of anilines is 1. The number of imide groups is 1. The average molecular weight is 344 g/mol. The number of aromatic nitrogens is 1. The number of nitrogens with one attached hydrogen (secondary N) is 1. The SMILES string of the molecule is CN1CCN(c2cncc3cc(/C=C4/SC(=O)NC4=O)oc23)CC1. The van der Waals surface area contributed by atoms with Gasteiger partial charge in [-0.1, -0.05) is 0 Å². The zero-order chi connectivity index (χ0) is 16.7. The van der Waals surface area contributed by atoms with Gasteiger partial charge in [-0.3, -0.25) is 19.9 Å². The van der Waals surface area contributed by atoms with E-state index in [4.69, 9.17) is 4.42 Å². The summed E-state index contributed by atoms with van der Waals surface area (Å²) in [5.41, 5.74) is 1.72. The molecular formula is C16H16N4O3S. The van der Waals surface area contributed by atoms with E-state index in [0.29, 0.717) is 10.7 Å². The number of rotatable bonds is 2. The van der Waals surface area contributed by atoms with Crippen molar-refractivity contribution in [2.75, 3.05) is 38.1 Å². The Kier molecular flexibility index (Phi) is 3.78. The van der Waals surface area contributed by atoms with E-state index in [1.165, 1.54) is 0 Å². The Morgan fingerprint density at radius 2 is 2.04 bits per heavy atom. The number of thioether (sulfide) groups is 1. The molecule has 7 nitrogen and oxygen atoms in total. The fraction of sp³-hybridized carbons (Fsp3) is 0.312. The summed E-state index contributed by atoms with van der Waals surface area (Å²) in [5, 5.41) is 2.76. The standard InChI is InChI=1S/C16H16N4O3S/c1-19-2-4-20(5-3-19)12-9-17-8-10-6-11(23-14(10)12)7-13-15(21)18-16(22)24-13/h6-9H,2-5H2,1H3,(H,18,21,22)/b13-7+. The Balaban J connectivity index is 1.68. The van der Waals surface area contributed by atoms with Gasteiger partial charge in [-0.25, -0.2) is 0 Å². The fourth-order valence-corrected chi connectivity index (χ4v) is 3.52. The molecular weight excluding hydrogens is 328 g/mol. The molecule has 0 bridgehead atoms. The number of carbonyl (C=O) groups excluding carboxylic acids is 2. The van der Waals surface area contributed by atoms with Crippen LogP contribution in [-0.4, -0.2) is 54.3 Å². The lowest BCUT2D eigenvalue weighted by atomic mass is 10.2. The molecule has 2 saturated heterocycles. The van der Waals surface area contributed by atoms with Gasteiger partial charge in [0.25, 0.3) is 11.1 Å². The van der Waals surface area contributed by atoms with Crippen LogP contribution in [0.25, 0.3) is 17.0 Å². The van der Waals surface area contributed by atoms with Gasteiger partial charge in [-0.2, -0.15) is 0 Å². The molecule has 2 aromatic heterocycles. The minimum atomic E-state index is -0.386. The highest BCUT2D eigenvalue weighted by Gasteiger charge is 2.26. The topological polar surface area (TPSA) is 78.7 Å². The van der Waals surface area contributed by atoms with Crippen LogP contribution in [-0.2, 0) is 4.79 Å². The van der Waals surface area contributed by atoms with E-state index in [9.17, 15) is 9.59 Å². The van der Waals surface area contributed by atoms with Crippen LogP contribution in [0, 0.1) is 0 Å². The fourth-order valence-electron chi connectivity index (χ4n) is 2.86. The number of piperazine rings is 1. The van der Waals surface area contributed by atoms with Crippen molar-refractivity contribution in [3.63, 3.8) is 0 Å². The van der Waals surface area contributed by atoms with Gasteiger partial charge in [0.15, 0.2) is 5.58 Å². The molecule has 2 aromatic rings. The van der Waals surface area contributed by atoms with Crippen molar-refractivity contribution in [3.05, 3.63) is 29.1 Å². The molecule has 24 heavy (non-hydrogen) atoms. The molecule has 2 aliphatic heterocycles. The first-order valence-electron chi connectivity index (χ1n) is 7.66. The molecule has 2 amide bonds. The summed E-state index contributed by atoms with van der Waals surface area (Å²) in [6.45, 7) is 3.82. The summed E-state index contributed by atoms with van der Waals surface area (Å²) in [4.78, 5) is 32.1. The quantitative estimate of drug-likeness (QED) is 0.834. The van der Waals surface area contributed by atoms with Gasteiger partial charge in [0.05, 0.1) is 16.8 Å². The van der Waals surface area contributed by atoms with Crippen molar-refractivity contribution in [1.29, 1.82) is 0 Å². The smallest absolute Gasteiger partial charge is 0.290 e. The minimum Gasteiger partial charge on any atom is -0.454 e. The molecule has 124 valence electrons. The highest BCUT2D eigenvalue weighted by molar-refractivity contribution is 8.18. The molecule has 0 aromatic carbocycles. The van der Waals surface area contributed by atoms with Crippen molar-refractivity contribution >= 4 is 45.6 Å². The highest BCUT2D eigenvalue weighted by Crippen LogP contribution is 2.32. The number of fused-ring (bicyclic) bond motifs is 1. The van der Waals surface area contributed by atoms with Crippen LogP contribution in [0.2, 0.25) is 0 Å². The zero-order valence-electron chi connectivity index (χ0n) is 13.1. The molecule has 0 radical (unpaired) electrons. The molecule has 8 heteroatoms. The zero-order valence-corrected chi connectivity index (χ0v) is 13.9. The van der Waals surface area contributed by atoms with Gasteiger partial charge in [0, 0.05) is 43.8 Å². The lowest BCUT2D eigenvalue weighted by Crippen LogP contribution is -2.44. The maximum atomic E-state index is 11.7. The molecule has 4 rings (SSSR count). The first-order valence-corrected chi connectivity index (χ1v) is 8.48. The predicted octanol–water partition coefficient (Wildman–Crippen LogP) is 1.90. The van der Waals surface area contributed by atoms with Crippen LogP contribution in [0.1, 0.15) is 5.76 Å². The van der Waals surface area contributed by atoms with Crippen LogP contribution >= 0.6 is 11.8 Å². The average Bonchev–Trinajstić information content (AvgIpc) is 3.10. The molecule has 0 saturated carbocycles. The number of hydrogen-bond acceptors (Lipinski definition) is 7. The second-order valence-electron chi connectivity index (χ2n) is 5.87. The van der Waals surface area contributed by atoms with E-state index in [-0.39, 0.29) is 11.1 Å². The van der Waals surface area contributed by atoms with Crippen LogP contribution in [0.4, 0.5) is 10.5 Å². The van der Waals surface area contributed by atoms with E-state index < -0.39 is 0 Å². The van der Waals surface area contributed by atoms with Gasteiger partial charge in [0.1, 0.15) is 5.76 Å². The molecule has 0 spiro atoms. The van der Waals surface area contributed by atoms with Crippen molar-refractivity contribution < 1.29 is 14.0 Å². The Bertz CT molecular complexity index is 852. The lowest BCUT2D eigenvalue weighted by Gasteiger charge is -2.33. The number of nitrogens with zero attached hydrogens (tertiary/aromatic N) is 3. The summed E-state index contributed by atoms with van der Waals surface area (Å²) in [6, 6.07) is 1.84. The predicted molar refractivity (Wildman–Crippen MR) is 92.8 cm³/mol. The van der Waals surface area contributed by atoms with Crippen molar-refractivity contribution in [3.8, 4) is 0 Å². The summed E-state index contributed by atoms with van der Waals surface area (Å²) in [5.74, 6) is 0.156. The normalized spacial score (nSPS) is 21.0. The monoisotopic (exact) mass is 344 g/mol. The van der Waals surface area contributed by atoms with E-state index in [1.807, 2.05) is 12.3 Å². The summed E-state index contributed by atoms with van der Waals surface area (Å²) >= 11 is 0.881. The molecule has 0 unspecified atom stereocenters. The van der Waals surface area contributed by atoms with Gasteiger partial charge in [-0.05, 0) is 24.9 Å². The Hall–Kier alpha value is -2.32. The van der Waals surface area contributed by atoms with Crippen LogP contribution in [0.3, 0.4) is 0 Å². The van der Waals surface area contributed by atoms with Crippen molar-refractivity contribution in [2.24, 2.45) is 0 Å². The third kappa shape index (κ3) is 2.78. The molecule has 1 N–H and O–H groups in total.